The van der Waals surface area contributed by atoms with Crippen LogP contribution in [0.25, 0.3) is 33.6 Å². The van der Waals surface area contributed by atoms with Crippen LogP contribution in [0, 0.1) is 0 Å². The molecular weight excluding hydrogens is 226 g/mol. The number of nitrogens with zero attached hydrogens (tertiary/aromatic N) is 3. The molecule has 0 unspecified atom stereocenters. The van der Waals surface area contributed by atoms with Gasteiger partial charge in [-0.2, -0.15) is 0 Å². The van der Waals surface area contributed by atoms with Crippen molar-refractivity contribution < 1.29 is 0 Å². The fourth-order valence-corrected chi connectivity index (χ4v) is 2.09. The second-order valence-corrected chi connectivity index (χ2v) is 4.12. The van der Waals surface area contributed by atoms with Gasteiger partial charge in [-0.15, -0.1) is 0 Å². The van der Waals surface area contributed by atoms with Crippen molar-refractivity contribution in [2.24, 2.45) is 0 Å². The molecule has 0 aliphatic heterocycles. The van der Waals surface area contributed by atoms with Gasteiger partial charge in [0.25, 0.3) is 0 Å². The van der Waals surface area contributed by atoms with Gasteiger partial charge in [-0.25, -0.2) is 15.0 Å². The zero-order valence-corrected chi connectivity index (χ0v) is 9.38. The van der Waals surface area contributed by atoms with E-state index in [2.05, 4.69) is 37.1 Å². The average molecular weight is 235 g/mol. The van der Waals surface area contributed by atoms with E-state index in [0.29, 0.717) is 5.65 Å². The minimum Gasteiger partial charge on any atom is -0.352 e. The van der Waals surface area contributed by atoms with Crippen molar-refractivity contribution in [2.75, 3.05) is 0 Å². The largest absolute Gasteiger partial charge is 0.352 e. The van der Waals surface area contributed by atoms with Crippen LogP contribution in [0.3, 0.4) is 0 Å². The summed E-state index contributed by atoms with van der Waals surface area (Å²) in [6.45, 7) is 0. The molecule has 0 saturated heterocycles. The molecule has 0 bridgehead atoms. The topological polar surface area (TPSA) is 70.2 Å². The summed E-state index contributed by atoms with van der Waals surface area (Å²) < 4.78 is 0. The summed E-state index contributed by atoms with van der Waals surface area (Å²) in [5.41, 5.74) is 3.57. The van der Waals surface area contributed by atoms with E-state index in [4.69, 9.17) is 0 Å². The highest BCUT2D eigenvalue weighted by atomic mass is 15.0. The summed E-state index contributed by atoms with van der Waals surface area (Å²) in [5.74, 6) is 0.779. The highest BCUT2D eigenvalue weighted by Crippen LogP contribution is 2.23. The van der Waals surface area contributed by atoms with Crippen molar-refractivity contribution in [3.63, 3.8) is 0 Å². The number of H-pyrrole nitrogens is 2. The Morgan fingerprint density at radius 1 is 1.00 bits per heavy atom. The van der Waals surface area contributed by atoms with Crippen molar-refractivity contribution >= 4 is 22.1 Å². The van der Waals surface area contributed by atoms with E-state index >= 15 is 0 Å². The number of rotatable bonds is 1. The van der Waals surface area contributed by atoms with Gasteiger partial charge in [0.05, 0.1) is 11.9 Å². The predicted octanol–water partition coefficient (Wildman–Crippen LogP) is 2.50. The molecule has 4 aromatic rings. The fourth-order valence-electron chi connectivity index (χ4n) is 2.09. The molecule has 0 fully saturated rings. The standard InChI is InChI=1S/C13H9N5/c1-2-4-9-8(3-1)5-10(16-9)13-17-11-6-14-7-15-12(11)18-13/h1-7,16H,(H,14,15,17,18). The molecule has 18 heavy (non-hydrogen) atoms. The van der Waals surface area contributed by atoms with Crippen LogP contribution < -0.4 is 0 Å². The Bertz CT molecular complexity index is 704. The summed E-state index contributed by atoms with van der Waals surface area (Å²) >= 11 is 0. The highest BCUT2D eigenvalue weighted by molar-refractivity contribution is 5.85. The molecule has 3 heterocycles. The molecule has 0 atom stereocenters. The van der Waals surface area contributed by atoms with Gasteiger partial charge in [-0.05, 0) is 12.1 Å². The lowest BCUT2D eigenvalue weighted by molar-refractivity contribution is 1.20. The number of hydrogen-bond donors (Lipinski definition) is 2. The minimum absolute atomic E-state index is 0.679. The first kappa shape index (κ1) is 9.35. The van der Waals surface area contributed by atoms with Crippen LogP contribution in [0.1, 0.15) is 0 Å². The Labute approximate surface area is 102 Å². The lowest BCUT2D eigenvalue weighted by Crippen LogP contribution is -1.78. The second-order valence-electron chi connectivity index (χ2n) is 4.12. The predicted molar refractivity (Wildman–Crippen MR) is 69.0 cm³/mol. The van der Waals surface area contributed by atoms with Gasteiger partial charge in [0.1, 0.15) is 11.8 Å². The SMILES string of the molecule is c1ccc2[nH]c(-c3nc4ncncc4[nH]3)cc2c1. The van der Waals surface area contributed by atoms with Crippen LogP contribution in [0.5, 0.6) is 0 Å². The first-order chi connectivity index (χ1) is 8.90. The summed E-state index contributed by atoms with van der Waals surface area (Å²) in [5, 5.41) is 1.17. The Morgan fingerprint density at radius 3 is 2.83 bits per heavy atom. The third-order valence-electron chi connectivity index (χ3n) is 2.95. The van der Waals surface area contributed by atoms with Crippen LogP contribution in [0.15, 0.2) is 42.9 Å². The van der Waals surface area contributed by atoms with Crippen LogP contribution in [0.2, 0.25) is 0 Å². The smallest absolute Gasteiger partial charge is 0.181 e. The molecule has 5 nitrogen and oxygen atoms in total. The quantitative estimate of drug-likeness (QED) is 0.532. The highest BCUT2D eigenvalue weighted by Gasteiger charge is 2.08. The molecule has 5 heteroatoms. The normalized spacial score (nSPS) is 11.3. The van der Waals surface area contributed by atoms with Crippen molar-refractivity contribution in [2.45, 2.75) is 0 Å². The Kier molecular flexibility index (Phi) is 1.77. The third kappa shape index (κ3) is 1.31. The molecule has 0 spiro atoms. The van der Waals surface area contributed by atoms with Crippen LogP contribution >= 0.6 is 0 Å². The number of aromatic amines is 2. The Morgan fingerprint density at radius 2 is 1.94 bits per heavy atom. The maximum absolute atomic E-state index is 4.44. The first-order valence-electron chi connectivity index (χ1n) is 5.64. The van der Waals surface area contributed by atoms with Gasteiger partial charge in [0.15, 0.2) is 11.5 Å². The molecule has 1 aromatic carbocycles. The van der Waals surface area contributed by atoms with Crippen molar-refractivity contribution in [1.29, 1.82) is 0 Å². The molecular formula is C13H9N5. The van der Waals surface area contributed by atoms with E-state index in [1.54, 1.807) is 6.20 Å². The third-order valence-corrected chi connectivity index (χ3v) is 2.95. The van der Waals surface area contributed by atoms with Gasteiger partial charge < -0.3 is 9.97 Å². The van der Waals surface area contributed by atoms with Crippen LogP contribution in [-0.2, 0) is 0 Å². The van der Waals surface area contributed by atoms with Crippen LogP contribution in [0.4, 0.5) is 0 Å². The number of imidazole rings is 1. The maximum Gasteiger partial charge on any atom is 0.181 e. The monoisotopic (exact) mass is 235 g/mol. The van der Waals surface area contributed by atoms with Gasteiger partial charge in [-0.3, -0.25) is 0 Å². The number of benzene rings is 1. The lowest BCUT2D eigenvalue weighted by atomic mass is 10.2. The van der Waals surface area contributed by atoms with E-state index in [1.807, 2.05) is 18.2 Å². The molecule has 4 rings (SSSR count). The second kappa shape index (κ2) is 3.40. The van der Waals surface area contributed by atoms with Gasteiger partial charge in [0, 0.05) is 10.9 Å². The molecule has 0 aliphatic carbocycles. The van der Waals surface area contributed by atoms with Crippen molar-refractivity contribution in [3.05, 3.63) is 42.9 Å². The maximum atomic E-state index is 4.44. The Balaban J connectivity index is 1.95. The summed E-state index contributed by atoms with van der Waals surface area (Å²) in [7, 11) is 0. The summed E-state index contributed by atoms with van der Waals surface area (Å²) in [4.78, 5) is 19.1. The molecule has 3 aromatic heterocycles. The van der Waals surface area contributed by atoms with E-state index in [-0.39, 0.29) is 0 Å². The van der Waals surface area contributed by atoms with E-state index in [0.717, 1.165) is 22.6 Å². The molecule has 86 valence electrons. The fraction of sp³-hybridized carbons (Fsp3) is 0. The number of para-hydroxylation sites is 1. The molecule has 0 aliphatic rings. The Hall–Kier alpha value is -2.69. The molecule has 0 radical (unpaired) electrons. The number of nitrogens with one attached hydrogen (secondary N) is 2. The average Bonchev–Trinajstić information content (AvgIpc) is 3.02. The van der Waals surface area contributed by atoms with E-state index in [1.165, 1.54) is 11.7 Å². The molecule has 0 amide bonds. The van der Waals surface area contributed by atoms with Gasteiger partial charge in [-0.1, -0.05) is 18.2 Å². The zero-order valence-electron chi connectivity index (χ0n) is 9.38. The number of hydrogen-bond acceptors (Lipinski definition) is 3. The lowest BCUT2D eigenvalue weighted by Gasteiger charge is -1.88. The van der Waals surface area contributed by atoms with E-state index in [9.17, 15) is 0 Å². The van der Waals surface area contributed by atoms with E-state index < -0.39 is 0 Å². The van der Waals surface area contributed by atoms with Crippen molar-refractivity contribution in [1.82, 2.24) is 24.9 Å². The minimum atomic E-state index is 0.679. The summed E-state index contributed by atoms with van der Waals surface area (Å²) in [6.07, 6.45) is 3.22. The first-order valence-corrected chi connectivity index (χ1v) is 5.64. The van der Waals surface area contributed by atoms with Gasteiger partial charge in [0.2, 0.25) is 0 Å². The van der Waals surface area contributed by atoms with Crippen LogP contribution in [-0.4, -0.2) is 24.9 Å². The number of aromatic nitrogens is 5. The molecule has 0 saturated carbocycles. The summed E-state index contributed by atoms with van der Waals surface area (Å²) in [6, 6.07) is 10.2. The zero-order chi connectivity index (χ0) is 11.9. The van der Waals surface area contributed by atoms with Gasteiger partial charge >= 0.3 is 0 Å². The molecule has 2 N–H and O–H groups in total. The van der Waals surface area contributed by atoms with Crippen molar-refractivity contribution in [3.8, 4) is 11.5 Å². The number of fused-ring (bicyclic) bond motifs is 2.